The smallest absolute Gasteiger partial charge is 0.744 e. The first-order valence-corrected chi connectivity index (χ1v) is 11.2. The Balaban J connectivity index is 0.00000392. The van der Waals surface area contributed by atoms with Gasteiger partial charge in [-0.3, -0.25) is 0 Å². The molecule has 0 fully saturated rings. The molecule has 0 aliphatic rings. The molecule has 0 spiro atoms. The first-order chi connectivity index (χ1) is 13.0. The monoisotopic (exact) mass is 412 g/mol. The summed E-state index contributed by atoms with van der Waals surface area (Å²) in [4.78, 5) is -0.289. The van der Waals surface area contributed by atoms with E-state index in [1.54, 1.807) is 30.3 Å². The molecule has 0 radical (unpaired) electrons. The quantitative estimate of drug-likeness (QED) is 0.305. The van der Waals surface area contributed by atoms with Crippen molar-refractivity contribution >= 4 is 10.1 Å². The Morgan fingerprint density at radius 2 is 1.46 bits per heavy atom. The van der Waals surface area contributed by atoms with Crippen LogP contribution in [-0.4, -0.2) is 13.0 Å². The van der Waals surface area contributed by atoms with E-state index in [1.807, 2.05) is 12.1 Å². The van der Waals surface area contributed by atoms with Crippen LogP contribution < -0.4 is 34.3 Å². The van der Waals surface area contributed by atoms with Crippen molar-refractivity contribution in [2.45, 2.75) is 69.6 Å². The van der Waals surface area contributed by atoms with Crippen LogP contribution in [0.25, 0.3) is 0 Å². The summed E-state index contributed by atoms with van der Waals surface area (Å²) in [6.07, 6.45) is 10.5. The minimum atomic E-state index is -4.60. The molecule has 0 aromatic heterocycles. The van der Waals surface area contributed by atoms with Crippen molar-refractivity contribution in [3.63, 3.8) is 0 Å². The topological polar surface area (TPSA) is 66.4 Å². The molecule has 0 bridgehead atoms. The van der Waals surface area contributed by atoms with Crippen LogP contribution in [0.2, 0.25) is 0 Å². The summed E-state index contributed by atoms with van der Waals surface area (Å²) in [5, 5.41) is 0. The molecule has 0 atom stereocenters. The van der Waals surface area contributed by atoms with E-state index in [0.29, 0.717) is 5.75 Å². The number of unbranched alkanes of at least 4 members (excludes halogenated alkanes) is 7. The van der Waals surface area contributed by atoms with Crippen molar-refractivity contribution in [3.8, 4) is 11.5 Å². The number of para-hydroxylation sites is 1. The van der Waals surface area contributed by atoms with E-state index in [4.69, 9.17) is 4.74 Å². The van der Waals surface area contributed by atoms with E-state index in [0.717, 1.165) is 24.8 Å². The number of rotatable bonds is 12. The van der Waals surface area contributed by atoms with Crippen LogP contribution >= 0.6 is 0 Å². The van der Waals surface area contributed by atoms with Gasteiger partial charge in [0.2, 0.25) is 0 Å². The van der Waals surface area contributed by atoms with Crippen LogP contribution in [0.5, 0.6) is 11.5 Å². The zero-order chi connectivity index (χ0) is 19.5. The number of hydrogen-bond acceptors (Lipinski definition) is 4. The zero-order valence-electron chi connectivity index (χ0n) is 17.0. The predicted molar refractivity (Wildman–Crippen MR) is 107 cm³/mol. The van der Waals surface area contributed by atoms with Gasteiger partial charge in [-0.25, -0.2) is 8.42 Å². The third kappa shape index (κ3) is 9.10. The standard InChI is InChI=1S/C22H30O4S.Na/c1-2-3-4-5-6-7-8-10-13-19-16-17-21(22(18-19)27(23,24)25)26-20-14-11-9-12-15-20;/h9,11-12,14-18H,2-8,10,13H2,1H3,(H,23,24,25);/q;+1/p-1. The molecule has 0 N–H and O–H groups in total. The van der Waals surface area contributed by atoms with Gasteiger partial charge in [0, 0.05) is 0 Å². The van der Waals surface area contributed by atoms with Crippen molar-refractivity contribution in [1.82, 2.24) is 0 Å². The van der Waals surface area contributed by atoms with E-state index >= 15 is 0 Å². The van der Waals surface area contributed by atoms with Gasteiger partial charge in [0.1, 0.15) is 21.6 Å². The van der Waals surface area contributed by atoms with E-state index in [2.05, 4.69) is 6.92 Å². The summed E-state index contributed by atoms with van der Waals surface area (Å²) in [6.45, 7) is 2.21. The van der Waals surface area contributed by atoms with Crippen LogP contribution in [0.1, 0.15) is 63.9 Å². The third-order valence-electron chi connectivity index (χ3n) is 4.57. The van der Waals surface area contributed by atoms with E-state index in [-0.39, 0.29) is 40.2 Å². The molecule has 6 heteroatoms. The van der Waals surface area contributed by atoms with Crippen LogP contribution in [0.15, 0.2) is 53.4 Å². The molecule has 2 aromatic carbocycles. The molecule has 0 aliphatic carbocycles. The van der Waals surface area contributed by atoms with Gasteiger partial charge in [-0.15, -0.1) is 0 Å². The van der Waals surface area contributed by atoms with Crippen molar-refractivity contribution < 1.29 is 47.3 Å². The normalized spacial score (nSPS) is 11.1. The minimum absolute atomic E-state index is 0. The van der Waals surface area contributed by atoms with Crippen LogP contribution in [0, 0.1) is 0 Å². The molecule has 0 saturated carbocycles. The SMILES string of the molecule is CCCCCCCCCCc1ccc(Oc2ccccc2)c(S(=O)(=O)[O-])c1.[Na+]. The van der Waals surface area contributed by atoms with Crippen molar-refractivity contribution in [3.05, 3.63) is 54.1 Å². The summed E-state index contributed by atoms with van der Waals surface area (Å²) >= 11 is 0. The van der Waals surface area contributed by atoms with Crippen molar-refractivity contribution in [2.24, 2.45) is 0 Å². The minimum Gasteiger partial charge on any atom is -0.744 e. The molecular formula is C22H29NaO4S. The number of hydrogen-bond donors (Lipinski definition) is 0. The Kier molecular flexibility index (Phi) is 12.0. The maximum atomic E-state index is 11.7. The molecule has 28 heavy (non-hydrogen) atoms. The summed E-state index contributed by atoms with van der Waals surface area (Å²) in [5.41, 5.74) is 0.857. The molecular weight excluding hydrogens is 383 g/mol. The van der Waals surface area contributed by atoms with Crippen LogP contribution in [0.3, 0.4) is 0 Å². The fourth-order valence-electron chi connectivity index (χ4n) is 3.07. The largest absolute Gasteiger partial charge is 1.00 e. The van der Waals surface area contributed by atoms with Gasteiger partial charge < -0.3 is 9.29 Å². The molecule has 0 saturated heterocycles. The number of benzene rings is 2. The fraction of sp³-hybridized carbons (Fsp3) is 0.455. The molecule has 0 heterocycles. The van der Waals surface area contributed by atoms with E-state index in [9.17, 15) is 13.0 Å². The summed E-state index contributed by atoms with van der Waals surface area (Å²) in [6, 6.07) is 13.7. The van der Waals surface area contributed by atoms with E-state index < -0.39 is 10.1 Å². The zero-order valence-corrected chi connectivity index (χ0v) is 19.8. The van der Waals surface area contributed by atoms with Crippen molar-refractivity contribution in [2.75, 3.05) is 0 Å². The van der Waals surface area contributed by atoms with Gasteiger partial charge in [-0.2, -0.15) is 0 Å². The Bertz CT molecular complexity index is 791. The molecule has 0 amide bonds. The second kappa shape index (κ2) is 13.4. The molecule has 2 aromatic rings. The third-order valence-corrected chi connectivity index (χ3v) is 5.43. The first-order valence-electron chi connectivity index (χ1n) is 9.82. The van der Waals surface area contributed by atoms with E-state index in [1.165, 1.54) is 44.6 Å². The van der Waals surface area contributed by atoms with Gasteiger partial charge in [0.05, 0.1) is 4.90 Å². The molecule has 148 valence electrons. The van der Waals surface area contributed by atoms with Crippen molar-refractivity contribution in [1.29, 1.82) is 0 Å². The average molecular weight is 413 g/mol. The molecule has 0 aliphatic heterocycles. The van der Waals surface area contributed by atoms with Gasteiger partial charge in [0.15, 0.2) is 0 Å². The molecule has 4 nitrogen and oxygen atoms in total. The summed E-state index contributed by atoms with van der Waals surface area (Å²) in [5.74, 6) is 0.578. The van der Waals surface area contributed by atoms with Gasteiger partial charge >= 0.3 is 29.6 Å². The second-order valence-electron chi connectivity index (χ2n) is 6.88. The summed E-state index contributed by atoms with van der Waals surface area (Å²) in [7, 11) is -4.60. The Labute approximate surface area is 191 Å². The van der Waals surface area contributed by atoms with Crippen LogP contribution in [0.4, 0.5) is 0 Å². The number of aryl methyl sites for hydroxylation is 1. The summed E-state index contributed by atoms with van der Waals surface area (Å²) < 4.78 is 40.6. The number of ether oxygens (including phenoxy) is 1. The average Bonchev–Trinajstić information content (AvgIpc) is 2.65. The predicted octanol–water partition coefficient (Wildman–Crippen LogP) is 3.07. The Morgan fingerprint density at radius 1 is 0.857 bits per heavy atom. The fourth-order valence-corrected chi connectivity index (χ4v) is 3.72. The molecule has 0 unspecified atom stereocenters. The van der Waals surface area contributed by atoms with Crippen LogP contribution in [-0.2, 0) is 16.5 Å². The van der Waals surface area contributed by atoms with Gasteiger partial charge in [-0.05, 0) is 42.7 Å². The van der Waals surface area contributed by atoms with Gasteiger partial charge in [0.25, 0.3) is 0 Å². The maximum absolute atomic E-state index is 11.7. The Morgan fingerprint density at radius 3 is 2.07 bits per heavy atom. The second-order valence-corrected chi connectivity index (χ2v) is 8.22. The molecule has 2 rings (SSSR count). The maximum Gasteiger partial charge on any atom is 1.00 e. The van der Waals surface area contributed by atoms with Gasteiger partial charge in [-0.1, -0.05) is 76.1 Å². The Hall–Kier alpha value is -0.850. The first kappa shape index (κ1) is 25.2.